The highest BCUT2D eigenvalue weighted by molar-refractivity contribution is 5.57. The van der Waals surface area contributed by atoms with Crippen LogP contribution in [0.5, 0.6) is 0 Å². The van der Waals surface area contributed by atoms with Crippen molar-refractivity contribution >= 4 is 11.6 Å². The second-order valence-electron chi connectivity index (χ2n) is 4.26. The second-order valence-corrected chi connectivity index (χ2v) is 4.26. The molecule has 0 aliphatic rings. The molecule has 0 saturated carbocycles. The zero-order chi connectivity index (χ0) is 12.1. The first kappa shape index (κ1) is 12.7. The number of aryl methyl sites for hydroxylation is 1. The molecule has 1 aromatic rings. The fourth-order valence-corrected chi connectivity index (χ4v) is 1.56. The van der Waals surface area contributed by atoms with Crippen molar-refractivity contribution in [3.63, 3.8) is 0 Å². The van der Waals surface area contributed by atoms with Crippen LogP contribution in [0, 0.1) is 6.92 Å². The van der Waals surface area contributed by atoms with Crippen LogP contribution in [0.15, 0.2) is 0 Å². The molecule has 0 aromatic carbocycles. The van der Waals surface area contributed by atoms with Crippen LogP contribution >= 0.6 is 0 Å². The molecular formula is C12H22N4. The maximum atomic E-state index is 4.55. The largest absolute Gasteiger partial charge is 0.373 e. The van der Waals surface area contributed by atoms with E-state index in [0.29, 0.717) is 6.04 Å². The van der Waals surface area contributed by atoms with Gasteiger partial charge in [0, 0.05) is 25.1 Å². The van der Waals surface area contributed by atoms with Crippen LogP contribution in [-0.2, 0) is 6.42 Å². The molecule has 0 atom stereocenters. The van der Waals surface area contributed by atoms with E-state index in [2.05, 4.69) is 41.4 Å². The Morgan fingerprint density at radius 3 is 2.31 bits per heavy atom. The van der Waals surface area contributed by atoms with Gasteiger partial charge in [0.25, 0.3) is 0 Å². The molecule has 0 fully saturated rings. The number of nitrogens with zero attached hydrogens (tertiary/aromatic N) is 2. The van der Waals surface area contributed by atoms with E-state index >= 15 is 0 Å². The van der Waals surface area contributed by atoms with Crippen LogP contribution in [0.3, 0.4) is 0 Å². The monoisotopic (exact) mass is 222 g/mol. The summed E-state index contributed by atoms with van der Waals surface area (Å²) >= 11 is 0. The zero-order valence-electron chi connectivity index (χ0n) is 10.9. The lowest BCUT2D eigenvalue weighted by Crippen LogP contribution is -2.15. The second kappa shape index (κ2) is 5.68. The van der Waals surface area contributed by atoms with Crippen molar-refractivity contribution in [1.29, 1.82) is 0 Å². The van der Waals surface area contributed by atoms with Gasteiger partial charge in [-0.25, -0.2) is 9.97 Å². The lowest BCUT2D eigenvalue weighted by molar-refractivity contribution is 0.819. The summed E-state index contributed by atoms with van der Waals surface area (Å²) in [4.78, 5) is 9.03. The third-order valence-corrected chi connectivity index (χ3v) is 2.33. The van der Waals surface area contributed by atoms with Crippen LogP contribution < -0.4 is 10.6 Å². The molecule has 0 aliphatic carbocycles. The average Bonchev–Trinajstić information content (AvgIpc) is 2.22. The Kier molecular flexibility index (Phi) is 4.52. The van der Waals surface area contributed by atoms with Gasteiger partial charge < -0.3 is 10.6 Å². The van der Waals surface area contributed by atoms with E-state index in [1.165, 1.54) is 0 Å². The number of anilines is 2. The first-order valence-electron chi connectivity index (χ1n) is 5.90. The summed E-state index contributed by atoms with van der Waals surface area (Å²) in [5.41, 5.74) is 1.08. The topological polar surface area (TPSA) is 49.8 Å². The van der Waals surface area contributed by atoms with Gasteiger partial charge in [-0.1, -0.05) is 6.92 Å². The van der Waals surface area contributed by atoms with Gasteiger partial charge in [0.1, 0.15) is 17.5 Å². The normalized spacial score (nSPS) is 10.6. The van der Waals surface area contributed by atoms with Gasteiger partial charge in [0.05, 0.1) is 0 Å². The Hall–Kier alpha value is -1.32. The number of hydrogen-bond donors (Lipinski definition) is 2. The van der Waals surface area contributed by atoms with Crippen LogP contribution in [0.4, 0.5) is 11.6 Å². The minimum absolute atomic E-state index is 0.382. The fourth-order valence-electron chi connectivity index (χ4n) is 1.56. The Labute approximate surface area is 97.9 Å². The molecule has 0 aliphatic heterocycles. The number of hydrogen-bond acceptors (Lipinski definition) is 4. The minimum atomic E-state index is 0.382. The Bertz CT molecular complexity index is 347. The van der Waals surface area contributed by atoms with E-state index < -0.39 is 0 Å². The van der Waals surface area contributed by atoms with Crippen LogP contribution in [0.2, 0.25) is 0 Å². The van der Waals surface area contributed by atoms with Crippen molar-refractivity contribution in [3.8, 4) is 0 Å². The predicted molar refractivity (Wildman–Crippen MR) is 69.1 cm³/mol. The standard InChI is InChI=1S/C12H22N4/c1-6-7-10-15-11(13-5)9(4)12(16-10)14-8(2)3/h8H,6-7H2,1-5H3,(H2,13,14,15,16). The summed E-state index contributed by atoms with van der Waals surface area (Å²) in [6.07, 6.45) is 1.98. The fraction of sp³-hybridized carbons (Fsp3) is 0.667. The molecule has 0 amide bonds. The highest BCUT2D eigenvalue weighted by Crippen LogP contribution is 2.20. The molecule has 1 heterocycles. The van der Waals surface area contributed by atoms with Crippen molar-refractivity contribution < 1.29 is 0 Å². The van der Waals surface area contributed by atoms with E-state index in [0.717, 1.165) is 35.9 Å². The van der Waals surface area contributed by atoms with Crippen molar-refractivity contribution in [2.24, 2.45) is 0 Å². The smallest absolute Gasteiger partial charge is 0.134 e. The summed E-state index contributed by atoms with van der Waals surface area (Å²) in [6, 6.07) is 0.382. The predicted octanol–water partition coefficient (Wildman–Crippen LogP) is 2.60. The maximum absolute atomic E-state index is 4.55. The average molecular weight is 222 g/mol. The molecule has 0 spiro atoms. The van der Waals surface area contributed by atoms with E-state index in [1.54, 1.807) is 0 Å². The summed E-state index contributed by atoms with van der Waals surface area (Å²) < 4.78 is 0. The van der Waals surface area contributed by atoms with E-state index in [4.69, 9.17) is 0 Å². The molecule has 2 N–H and O–H groups in total. The molecule has 1 aromatic heterocycles. The molecule has 4 heteroatoms. The minimum Gasteiger partial charge on any atom is -0.373 e. The van der Waals surface area contributed by atoms with Gasteiger partial charge in [-0.05, 0) is 27.2 Å². The molecule has 0 saturated heterocycles. The van der Waals surface area contributed by atoms with Gasteiger partial charge in [-0.3, -0.25) is 0 Å². The zero-order valence-corrected chi connectivity index (χ0v) is 10.9. The summed E-state index contributed by atoms with van der Waals surface area (Å²) in [7, 11) is 1.89. The number of nitrogens with one attached hydrogen (secondary N) is 2. The molecular weight excluding hydrogens is 200 g/mol. The number of rotatable bonds is 5. The summed E-state index contributed by atoms with van der Waals surface area (Å²) in [5.74, 6) is 2.76. The molecule has 4 nitrogen and oxygen atoms in total. The molecule has 90 valence electrons. The van der Waals surface area contributed by atoms with Crippen molar-refractivity contribution in [2.45, 2.75) is 46.6 Å². The quantitative estimate of drug-likeness (QED) is 0.804. The van der Waals surface area contributed by atoms with Crippen molar-refractivity contribution in [3.05, 3.63) is 11.4 Å². The maximum Gasteiger partial charge on any atom is 0.134 e. The van der Waals surface area contributed by atoms with Crippen molar-refractivity contribution in [1.82, 2.24) is 9.97 Å². The Balaban J connectivity index is 3.08. The van der Waals surface area contributed by atoms with Gasteiger partial charge >= 0.3 is 0 Å². The van der Waals surface area contributed by atoms with E-state index in [-0.39, 0.29) is 0 Å². The highest BCUT2D eigenvalue weighted by Gasteiger charge is 2.10. The molecule has 0 unspecified atom stereocenters. The Morgan fingerprint density at radius 1 is 1.19 bits per heavy atom. The molecule has 1 rings (SSSR count). The summed E-state index contributed by atoms with van der Waals surface area (Å²) in [5, 5.41) is 6.47. The first-order chi connectivity index (χ1) is 7.58. The number of aromatic nitrogens is 2. The molecule has 0 bridgehead atoms. The van der Waals surface area contributed by atoms with Gasteiger partial charge in [0.2, 0.25) is 0 Å². The van der Waals surface area contributed by atoms with Crippen LogP contribution in [0.25, 0.3) is 0 Å². The molecule has 0 radical (unpaired) electrons. The van der Waals surface area contributed by atoms with E-state index in [9.17, 15) is 0 Å². The van der Waals surface area contributed by atoms with Crippen LogP contribution in [-0.4, -0.2) is 23.1 Å². The highest BCUT2D eigenvalue weighted by atomic mass is 15.1. The van der Waals surface area contributed by atoms with E-state index in [1.807, 2.05) is 14.0 Å². The SMILES string of the molecule is CCCc1nc(NC)c(C)c(NC(C)C)n1. The van der Waals surface area contributed by atoms with Gasteiger partial charge in [0.15, 0.2) is 0 Å². The first-order valence-corrected chi connectivity index (χ1v) is 5.90. The van der Waals surface area contributed by atoms with Crippen LogP contribution in [0.1, 0.15) is 38.6 Å². The van der Waals surface area contributed by atoms with Gasteiger partial charge in [-0.15, -0.1) is 0 Å². The van der Waals surface area contributed by atoms with Gasteiger partial charge in [-0.2, -0.15) is 0 Å². The Morgan fingerprint density at radius 2 is 1.81 bits per heavy atom. The van der Waals surface area contributed by atoms with Crippen molar-refractivity contribution in [2.75, 3.05) is 17.7 Å². The lowest BCUT2D eigenvalue weighted by atomic mass is 10.2. The third-order valence-electron chi connectivity index (χ3n) is 2.33. The molecule has 16 heavy (non-hydrogen) atoms. The summed E-state index contributed by atoms with van der Waals surface area (Å²) in [6.45, 7) is 8.39. The third kappa shape index (κ3) is 3.08. The lowest BCUT2D eigenvalue weighted by Gasteiger charge is -2.15.